The molecule has 0 aliphatic carbocycles. The van der Waals surface area contributed by atoms with Crippen molar-refractivity contribution in [3.05, 3.63) is 36.0 Å². The highest BCUT2D eigenvalue weighted by Gasteiger charge is 2.29. The van der Waals surface area contributed by atoms with Gasteiger partial charge in [0.2, 0.25) is 0 Å². The van der Waals surface area contributed by atoms with Crippen LogP contribution in [0.25, 0.3) is 10.4 Å². The molecule has 0 aliphatic heterocycles. The lowest BCUT2D eigenvalue weighted by Gasteiger charge is -2.06. The SMILES string of the molecule is CCCNc1ncc(-c2ccc(C(F)(F)F)cc2)s1. The van der Waals surface area contributed by atoms with Crippen LogP contribution in [0.5, 0.6) is 0 Å². The van der Waals surface area contributed by atoms with Crippen molar-refractivity contribution in [2.24, 2.45) is 0 Å². The van der Waals surface area contributed by atoms with Gasteiger partial charge in [0.05, 0.1) is 10.4 Å². The molecule has 0 unspecified atom stereocenters. The number of benzene rings is 1. The molecule has 1 N–H and O–H groups in total. The lowest BCUT2D eigenvalue weighted by atomic mass is 10.1. The van der Waals surface area contributed by atoms with Crippen molar-refractivity contribution >= 4 is 16.5 Å². The zero-order valence-corrected chi connectivity index (χ0v) is 11.1. The quantitative estimate of drug-likeness (QED) is 0.884. The predicted octanol–water partition coefficient (Wildman–Crippen LogP) is 4.65. The first-order chi connectivity index (χ1) is 9.00. The van der Waals surface area contributed by atoms with E-state index in [1.807, 2.05) is 0 Å². The van der Waals surface area contributed by atoms with Crippen molar-refractivity contribution in [1.82, 2.24) is 4.98 Å². The Labute approximate surface area is 113 Å². The van der Waals surface area contributed by atoms with E-state index in [0.29, 0.717) is 0 Å². The first-order valence-electron chi connectivity index (χ1n) is 5.88. The smallest absolute Gasteiger partial charge is 0.362 e. The molecule has 2 rings (SSSR count). The van der Waals surface area contributed by atoms with Crippen molar-refractivity contribution in [3.8, 4) is 10.4 Å². The second-order valence-corrected chi connectivity index (χ2v) is 5.06. The number of rotatable bonds is 4. The molecule has 0 aliphatic rings. The third kappa shape index (κ3) is 3.47. The van der Waals surface area contributed by atoms with Gasteiger partial charge < -0.3 is 5.32 Å². The molecule has 0 bridgehead atoms. The second kappa shape index (κ2) is 5.61. The van der Waals surface area contributed by atoms with Gasteiger partial charge in [-0.3, -0.25) is 0 Å². The standard InChI is InChI=1S/C13H13F3N2S/c1-2-7-17-12-18-8-11(19-12)9-3-5-10(6-4-9)13(14,15)16/h3-6,8H,2,7H2,1H3,(H,17,18). The summed E-state index contributed by atoms with van der Waals surface area (Å²) in [5, 5.41) is 3.94. The third-order valence-electron chi connectivity index (χ3n) is 2.53. The van der Waals surface area contributed by atoms with E-state index < -0.39 is 11.7 Å². The molecule has 2 aromatic rings. The molecule has 0 amide bonds. The van der Waals surface area contributed by atoms with Gasteiger partial charge in [0.15, 0.2) is 5.13 Å². The van der Waals surface area contributed by atoms with Crippen LogP contribution in [0.1, 0.15) is 18.9 Å². The van der Waals surface area contributed by atoms with Gasteiger partial charge in [0, 0.05) is 12.7 Å². The number of hydrogen-bond acceptors (Lipinski definition) is 3. The number of hydrogen-bond donors (Lipinski definition) is 1. The van der Waals surface area contributed by atoms with Crippen molar-refractivity contribution in [2.75, 3.05) is 11.9 Å². The molecule has 0 saturated carbocycles. The molecule has 0 saturated heterocycles. The van der Waals surface area contributed by atoms with E-state index in [-0.39, 0.29) is 0 Å². The Kier molecular flexibility index (Phi) is 4.09. The predicted molar refractivity (Wildman–Crippen MR) is 71.3 cm³/mol. The van der Waals surface area contributed by atoms with Crippen LogP contribution >= 0.6 is 11.3 Å². The van der Waals surface area contributed by atoms with Crippen LogP contribution in [0.2, 0.25) is 0 Å². The van der Waals surface area contributed by atoms with Crippen LogP contribution in [0.4, 0.5) is 18.3 Å². The monoisotopic (exact) mass is 286 g/mol. The van der Waals surface area contributed by atoms with Gasteiger partial charge in [-0.1, -0.05) is 30.4 Å². The average molecular weight is 286 g/mol. The van der Waals surface area contributed by atoms with E-state index in [4.69, 9.17) is 0 Å². The first kappa shape index (κ1) is 13.9. The van der Waals surface area contributed by atoms with Crippen LogP contribution in [0, 0.1) is 0 Å². The molecule has 0 fully saturated rings. The van der Waals surface area contributed by atoms with Gasteiger partial charge in [0.1, 0.15) is 0 Å². The number of thiazole rings is 1. The van der Waals surface area contributed by atoms with E-state index in [0.717, 1.165) is 40.7 Å². The van der Waals surface area contributed by atoms with E-state index in [9.17, 15) is 13.2 Å². The van der Waals surface area contributed by atoms with Crippen LogP contribution in [-0.4, -0.2) is 11.5 Å². The summed E-state index contributed by atoms with van der Waals surface area (Å²) in [6.07, 6.45) is -1.62. The van der Waals surface area contributed by atoms with Gasteiger partial charge in [-0.2, -0.15) is 13.2 Å². The lowest BCUT2D eigenvalue weighted by molar-refractivity contribution is -0.137. The van der Waals surface area contributed by atoms with E-state index in [1.165, 1.54) is 23.5 Å². The molecular formula is C13H13F3N2S. The highest BCUT2D eigenvalue weighted by atomic mass is 32.1. The molecule has 19 heavy (non-hydrogen) atoms. The van der Waals surface area contributed by atoms with Crippen molar-refractivity contribution in [2.45, 2.75) is 19.5 Å². The third-order valence-corrected chi connectivity index (χ3v) is 3.53. The Balaban J connectivity index is 2.16. The van der Waals surface area contributed by atoms with Crippen molar-refractivity contribution in [3.63, 3.8) is 0 Å². The number of aromatic nitrogens is 1. The fourth-order valence-corrected chi connectivity index (χ4v) is 2.39. The number of alkyl halides is 3. The van der Waals surface area contributed by atoms with Crippen molar-refractivity contribution in [1.29, 1.82) is 0 Å². The van der Waals surface area contributed by atoms with Crippen LogP contribution in [-0.2, 0) is 6.18 Å². The zero-order valence-electron chi connectivity index (χ0n) is 10.3. The maximum absolute atomic E-state index is 12.4. The Morgan fingerprint density at radius 2 is 1.89 bits per heavy atom. The highest BCUT2D eigenvalue weighted by Crippen LogP contribution is 2.33. The number of anilines is 1. The molecule has 1 aromatic carbocycles. The number of halogens is 3. The molecular weight excluding hydrogens is 273 g/mol. The van der Waals surface area contributed by atoms with Crippen molar-refractivity contribution < 1.29 is 13.2 Å². The molecule has 0 spiro atoms. The zero-order chi connectivity index (χ0) is 13.9. The van der Waals surface area contributed by atoms with Gasteiger partial charge in [0.25, 0.3) is 0 Å². The van der Waals surface area contributed by atoms with Crippen LogP contribution < -0.4 is 5.32 Å². The minimum Gasteiger partial charge on any atom is -0.362 e. The number of nitrogens with zero attached hydrogens (tertiary/aromatic N) is 1. The van der Waals surface area contributed by atoms with E-state index >= 15 is 0 Å². The maximum Gasteiger partial charge on any atom is 0.416 e. The maximum atomic E-state index is 12.4. The summed E-state index contributed by atoms with van der Waals surface area (Å²) in [5.41, 5.74) is 0.111. The van der Waals surface area contributed by atoms with Crippen LogP contribution in [0.3, 0.4) is 0 Å². The molecule has 2 nitrogen and oxygen atoms in total. The summed E-state index contributed by atoms with van der Waals surface area (Å²) in [7, 11) is 0. The fraction of sp³-hybridized carbons (Fsp3) is 0.308. The van der Waals surface area contributed by atoms with Gasteiger partial charge >= 0.3 is 6.18 Å². The highest BCUT2D eigenvalue weighted by molar-refractivity contribution is 7.18. The summed E-state index contributed by atoms with van der Waals surface area (Å²) < 4.78 is 37.3. The Morgan fingerprint density at radius 1 is 1.21 bits per heavy atom. The van der Waals surface area contributed by atoms with E-state index in [2.05, 4.69) is 17.2 Å². The minimum absolute atomic E-state index is 0.634. The summed E-state index contributed by atoms with van der Waals surface area (Å²) in [5.74, 6) is 0. The first-order valence-corrected chi connectivity index (χ1v) is 6.69. The largest absolute Gasteiger partial charge is 0.416 e. The summed E-state index contributed by atoms with van der Waals surface area (Å²) >= 11 is 1.44. The van der Waals surface area contributed by atoms with Gasteiger partial charge in [-0.25, -0.2) is 4.98 Å². The topological polar surface area (TPSA) is 24.9 Å². The Morgan fingerprint density at radius 3 is 2.47 bits per heavy atom. The Bertz CT molecular complexity index is 532. The number of nitrogens with one attached hydrogen (secondary N) is 1. The minimum atomic E-state index is -4.29. The second-order valence-electron chi connectivity index (χ2n) is 4.03. The average Bonchev–Trinajstić information content (AvgIpc) is 2.84. The molecule has 0 radical (unpaired) electrons. The summed E-state index contributed by atoms with van der Waals surface area (Å²) in [4.78, 5) is 5.04. The summed E-state index contributed by atoms with van der Waals surface area (Å²) in [6.45, 7) is 2.89. The lowest BCUT2D eigenvalue weighted by Crippen LogP contribution is -2.03. The van der Waals surface area contributed by atoms with Crippen LogP contribution in [0.15, 0.2) is 30.5 Å². The van der Waals surface area contributed by atoms with Gasteiger partial charge in [-0.15, -0.1) is 0 Å². The fourth-order valence-electron chi connectivity index (χ4n) is 1.54. The summed E-state index contributed by atoms with van der Waals surface area (Å²) in [6, 6.07) is 5.13. The van der Waals surface area contributed by atoms with Gasteiger partial charge in [-0.05, 0) is 24.1 Å². The molecule has 102 valence electrons. The normalized spacial score (nSPS) is 11.6. The Hall–Kier alpha value is -1.56. The molecule has 1 aromatic heterocycles. The molecule has 0 atom stereocenters. The van der Waals surface area contributed by atoms with E-state index in [1.54, 1.807) is 6.20 Å². The molecule has 6 heteroatoms. The molecule has 1 heterocycles.